The van der Waals surface area contributed by atoms with Gasteiger partial charge in [0.15, 0.2) is 0 Å². The van der Waals surface area contributed by atoms with E-state index in [4.69, 9.17) is 0 Å². The monoisotopic (exact) mass is 398 g/mol. The van der Waals surface area contributed by atoms with Crippen molar-refractivity contribution in [2.75, 3.05) is 18.0 Å². The first-order valence-electron chi connectivity index (χ1n) is 9.39. The first kappa shape index (κ1) is 20.1. The minimum Gasteiger partial charge on any atom is -0.508 e. The zero-order chi connectivity index (χ0) is 20.8. The molecule has 0 aliphatic carbocycles. The van der Waals surface area contributed by atoms with Gasteiger partial charge in [-0.05, 0) is 43.2 Å². The Morgan fingerprint density at radius 1 is 0.931 bits per heavy atom. The van der Waals surface area contributed by atoms with Crippen LogP contribution in [0.2, 0.25) is 0 Å². The Kier molecular flexibility index (Phi) is 6.28. The van der Waals surface area contributed by atoms with Gasteiger partial charge in [0.05, 0.1) is 4.92 Å². The number of rotatable bonds is 4. The summed E-state index contributed by atoms with van der Waals surface area (Å²) in [4.78, 5) is 37.4. The van der Waals surface area contributed by atoms with Crippen molar-refractivity contribution >= 4 is 23.2 Å². The maximum Gasteiger partial charge on any atom is 0.293 e. The van der Waals surface area contributed by atoms with E-state index in [0.717, 1.165) is 38.8 Å². The first-order valence-corrected chi connectivity index (χ1v) is 9.39. The van der Waals surface area contributed by atoms with E-state index in [9.17, 15) is 24.8 Å². The molecule has 0 saturated carbocycles. The van der Waals surface area contributed by atoms with Crippen LogP contribution in [0.1, 0.15) is 46.4 Å². The van der Waals surface area contributed by atoms with E-state index < -0.39 is 16.7 Å². The molecule has 2 aromatic carbocycles. The second kappa shape index (κ2) is 9.05. The average molecular weight is 398 g/mol. The maximum atomic E-state index is 12.4. The van der Waals surface area contributed by atoms with Gasteiger partial charge in [0.1, 0.15) is 11.4 Å². The lowest BCUT2D eigenvalue weighted by molar-refractivity contribution is -0.384. The predicted molar refractivity (Wildman–Crippen MR) is 107 cm³/mol. The van der Waals surface area contributed by atoms with E-state index in [1.54, 1.807) is 6.07 Å². The van der Waals surface area contributed by atoms with Crippen molar-refractivity contribution in [1.29, 1.82) is 0 Å². The third-order valence-electron chi connectivity index (χ3n) is 4.78. The number of phenols is 1. The molecule has 0 radical (unpaired) electrons. The highest BCUT2D eigenvalue weighted by Crippen LogP contribution is 2.31. The van der Waals surface area contributed by atoms with Crippen molar-refractivity contribution in [3.05, 3.63) is 63.7 Å². The summed E-state index contributed by atoms with van der Waals surface area (Å²) in [6.45, 7) is 1.48. The summed E-state index contributed by atoms with van der Waals surface area (Å²) in [5, 5.41) is 21.0. The van der Waals surface area contributed by atoms with E-state index in [-0.39, 0.29) is 22.6 Å². The van der Waals surface area contributed by atoms with Crippen LogP contribution < -0.4 is 15.8 Å². The lowest BCUT2D eigenvalue weighted by Crippen LogP contribution is -2.41. The molecule has 0 bridgehead atoms. The summed E-state index contributed by atoms with van der Waals surface area (Å²) in [6.07, 6.45) is 4.15. The number of carbonyl (C=O) groups excluding carboxylic acids is 2. The van der Waals surface area contributed by atoms with Gasteiger partial charge in [-0.2, -0.15) is 0 Å². The van der Waals surface area contributed by atoms with Gasteiger partial charge in [-0.3, -0.25) is 30.6 Å². The number of benzene rings is 2. The summed E-state index contributed by atoms with van der Waals surface area (Å²) >= 11 is 0. The number of aromatic hydroxyl groups is 1. The van der Waals surface area contributed by atoms with Crippen LogP contribution in [0.3, 0.4) is 0 Å². The quantitative estimate of drug-likeness (QED) is 0.537. The molecule has 1 saturated heterocycles. The molecule has 0 atom stereocenters. The molecule has 2 aromatic rings. The lowest BCUT2D eigenvalue weighted by atomic mass is 10.1. The van der Waals surface area contributed by atoms with Crippen LogP contribution in [0.25, 0.3) is 0 Å². The van der Waals surface area contributed by atoms with Crippen molar-refractivity contribution in [2.45, 2.75) is 25.7 Å². The van der Waals surface area contributed by atoms with E-state index in [1.165, 1.54) is 36.4 Å². The Morgan fingerprint density at radius 3 is 2.14 bits per heavy atom. The molecule has 2 amide bonds. The van der Waals surface area contributed by atoms with Crippen LogP contribution in [0, 0.1) is 10.1 Å². The highest BCUT2D eigenvalue weighted by molar-refractivity contribution is 5.99. The predicted octanol–water partition coefficient (Wildman–Crippen LogP) is 2.76. The largest absolute Gasteiger partial charge is 0.508 e. The molecule has 1 aliphatic heterocycles. The lowest BCUT2D eigenvalue weighted by Gasteiger charge is -2.22. The second-order valence-electron chi connectivity index (χ2n) is 6.82. The molecule has 152 valence electrons. The SMILES string of the molecule is O=C(NNC(=O)c1ccc(N2CCCCCC2)c([N+](=O)[O-])c1)c1cccc(O)c1. The molecule has 0 aromatic heterocycles. The number of nitrogens with zero attached hydrogens (tertiary/aromatic N) is 2. The topological polar surface area (TPSA) is 125 Å². The molecule has 1 fully saturated rings. The molecule has 3 N–H and O–H groups in total. The van der Waals surface area contributed by atoms with Crippen molar-refractivity contribution in [1.82, 2.24) is 10.9 Å². The number of phenolic OH excluding ortho intramolecular Hbond substituents is 1. The maximum absolute atomic E-state index is 12.4. The van der Waals surface area contributed by atoms with Crippen molar-refractivity contribution in [3.8, 4) is 5.75 Å². The van der Waals surface area contributed by atoms with Gasteiger partial charge in [-0.15, -0.1) is 0 Å². The average Bonchev–Trinajstić information content (AvgIpc) is 3.00. The van der Waals surface area contributed by atoms with Crippen LogP contribution in [-0.2, 0) is 0 Å². The standard InChI is InChI=1S/C20H22N4O5/c25-16-7-5-6-14(12-16)19(26)21-22-20(27)15-8-9-17(18(13-15)24(28)29)23-10-3-1-2-4-11-23/h5-9,12-13,25H,1-4,10-11H2,(H,21,26)(H,22,27). The smallest absolute Gasteiger partial charge is 0.293 e. The Labute approximate surface area is 167 Å². The number of amides is 2. The number of nitro groups is 1. The Bertz CT molecular complexity index is 923. The summed E-state index contributed by atoms with van der Waals surface area (Å²) in [7, 11) is 0. The number of hydrogen-bond acceptors (Lipinski definition) is 6. The number of carbonyl (C=O) groups is 2. The second-order valence-corrected chi connectivity index (χ2v) is 6.82. The van der Waals surface area contributed by atoms with Crippen molar-refractivity contribution in [2.24, 2.45) is 0 Å². The number of nitro benzene ring substituents is 1. The summed E-state index contributed by atoms with van der Waals surface area (Å²) < 4.78 is 0. The van der Waals surface area contributed by atoms with Gasteiger partial charge in [-0.25, -0.2) is 0 Å². The minimum absolute atomic E-state index is 0.0616. The van der Waals surface area contributed by atoms with Crippen LogP contribution in [0.4, 0.5) is 11.4 Å². The molecule has 0 unspecified atom stereocenters. The third-order valence-corrected chi connectivity index (χ3v) is 4.78. The third kappa shape index (κ3) is 5.01. The van der Waals surface area contributed by atoms with Crippen LogP contribution >= 0.6 is 0 Å². The number of hydrogen-bond donors (Lipinski definition) is 3. The zero-order valence-corrected chi connectivity index (χ0v) is 15.8. The van der Waals surface area contributed by atoms with E-state index in [0.29, 0.717) is 5.69 Å². The highest BCUT2D eigenvalue weighted by atomic mass is 16.6. The molecule has 29 heavy (non-hydrogen) atoms. The molecule has 9 heteroatoms. The number of hydrazine groups is 1. The van der Waals surface area contributed by atoms with Crippen molar-refractivity contribution in [3.63, 3.8) is 0 Å². The van der Waals surface area contributed by atoms with Crippen LogP contribution in [0.5, 0.6) is 5.75 Å². The van der Waals surface area contributed by atoms with E-state index in [2.05, 4.69) is 10.9 Å². The molecule has 9 nitrogen and oxygen atoms in total. The molecule has 1 heterocycles. The fourth-order valence-corrected chi connectivity index (χ4v) is 3.29. The highest BCUT2D eigenvalue weighted by Gasteiger charge is 2.23. The normalized spacial score (nSPS) is 14.0. The van der Waals surface area contributed by atoms with Gasteiger partial charge in [0.25, 0.3) is 17.5 Å². The fourth-order valence-electron chi connectivity index (χ4n) is 3.29. The van der Waals surface area contributed by atoms with E-state index >= 15 is 0 Å². The van der Waals surface area contributed by atoms with Crippen molar-refractivity contribution < 1.29 is 19.6 Å². The van der Waals surface area contributed by atoms with E-state index in [1.807, 2.05) is 4.90 Å². The van der Waals surface area contributed by atoms with Gasteiger partial charge in [0, 0.05) is 30.3 Å². The first-order chi connectivity index (χ1) is 14.0. The molecular weight excluding hydrogens is 376 g/mol. The number of anilines is 1. The summed E-state index contributed by atoms with van der Waals surface area (Å²) in [5.41, 5.74) is 5.04. The zero-order valence-electron chi connectivity index (χ0n) is 15.8. The number of nitrogens with one attached hydrogen (secondary N) is 2. The molecule has 1 aliphatic rings. The Balaban J connectivity index is 1.72. The van der Waals surface area contributed by atoms with Gasteiger partial charge < -0.3 is 10.0 Å². The minimum atomic E-state index is -0.677. The van der Waals surface area contributed by atoms with Crippen LogP contribution in [-0.4, -0.2) is 34.9 Å². The molecule has 0 spiro atoms. The Hall–Kier alpha value is -3.62. The Morgan fingerprint density at radius 2 is 1.55 bits per heavy atom. The van der Waals surface area contributed by atoms with Gasteiger partial charge in [0.2, 0.25) is 0 Å². The van der Waals surface area contributed by atoms with Gasteiger partial charge >= 0.3 is 0 Å². The summed E-state index contributed by atoms with van der Waals surface area (Å²) in [6, 6.07) is 9.94. The fraction of sp³-hybridized carbons (Fsp3) is 0.300. The summed E-state index contributed by atoms with van der Waals surface area (Å²) in [5.74, 6) is -1.38. The molecular formula is C20H22N4O5. The van der Waals surface area contributed by atoms with Gasteiger partial charge in [-0.1, -0.05) is 18.9 Å². The van der Waals surface area contributed by atoms with Crippen LogP contribution in [0.15, 0.2) is 42.5 Å². The molecule has 3 rings (SSSR count).